The summed E-state index contributed by atoms with van der Waals surface area (Å²) in [6.45, 7) is 4.19. The normalized spacial score (nSPS) is 37.0. The molecule has 21 heavy (non-hydrogen) atoms. The zero-order valence-electron chi connectivity index (χ0n) is 13.0. The van der Waals surface area contributed by atoms with Gasteiger partial charge in [-0.15, -0.1) is 0 Å². The molecule has 3 rings (SSSR count). The van der Waals surface area contributed by atoms with Crippen LogP contribution in [0.5, 0.6) is 0 Å². The van der Waals surface area contributed by atoms with Gasteiger partial charge in [0.1, 0.15) is 12.1 Å². The Balaban J connectivity index is 1.83. The number of nitrogens with zero attached hydrogens (tertiary/aromatic N) is 1. The smallest absolute Gasteiger partial charge is 0.246 e. The van der Waals surface area contributed by atoms with Crippen molar-refractivity contribution in [1.82, 2.24) is 10.2 Å². The molecule has 1 saturated heterocycles. The molecule has 3 fully saturated rings. The van der Waals surface area contributed by atoms with Crippen molar-refractivity contribution in [3.05, 3.63) is 0 Å². The molecule has 0 spiro atoms. The van der Waals surface area contributed by atoms with E-state index >= 15 is 0 Å². The van der Waals surface area contributed by atoms with Crippen molar-refractivity contribution in [2.75, 3.05) is 5.75 Å². The van der Waals surface area contributed by atoms with Crippen LogP contribution in [-0.4, -0.2) is 45.8 Å². The van der Waals surface area contributed by atoms with E-state index in [0.29, 0.717) is 11.2 Å². The number of nitrogens with one attached hydrogen (secondary N) is 1. The Labute approximate surface area is 131 Å². The molecular formula is C16H26N2O2S. The number of hydrogen-bond donors (Lipinski definition) is 1. The van der Waals surface area contributed by atoms with Crippen molar-refractivity contribution in [3.63, 3.8) is 0 Å². The average Bonchev–Trinajstić information content (AvgIpc) is 3.21. The molecule has 1 heterocycles. The quantitative estimate of drug-likeness (QED) is 0.847. The van der Waals surface area contributed by atoms with Crippen molar-refractivity contribution in [2.24, 2.45) is 5.92 Å². The lowest BCUT2D eigenvalue weighted by Gasteiger charge is -2.44. The molecule has 5 heteroatoms. The average molecular weight is 310 g/mol. The van der Waals surface area contributed by atoms with E-state index in [0.717, 1.165) is 31.4 Å². The van der Waals surface area contributed by atoms with E-state index < -0.39 is 0 Å². The Morgan fingerprint density at radius 3 is 2.57 bits per heavy atom. The molecule has 118 valence electrons. The van der Waals surface area contributed by atoms with Crippen LogP contribution in [-0.2, 0) is 9.59 Å². The topological polar surface area (TPSA) is 49.4 Å². The molecule has 2 saturated carbocycles. The molecular weight excluding hydrogens is 284 g/mol. The molecule has 1 N–H and O–H groups in total. The zero-order valence-corrected chi connectivity index (χ0v) is 13.8. The molecule has 2 amide bonds. The second-order valence-corrected chi connectivity index (χ2v) is 8.00. The van der Waals surface area contributed by atoms with Crippen LogP contribution in [0.1, 0.15) is 52.4 Å². The summed E-state index contributed by atoms with van der Waals surface area (Å²) < 4.78 is 0. The predicted octanol–water partition coefficient (Wildman–Crippen LogP) is 2.18. The first-order valence-electron chi connectivity index (χ1n) is 8.41. The fraction of sp³-hybridized carbons (Fsp3) is 0.875. The van der Waals surface area contributed by atoms with Crippen LogP contribution in [0.4, 0.5) is 0 Å². The molecule has 4 nitrogen and oxygen atoms in total. The van der Waals surface area contributed by atoms with E-state index in [4.69, 9.17) is 0 Å². The molecule has 3 aliphatic rings. The number of piperazine rings is 1. The third-order valence-corrected chi connectivity index (χ3v) is 6.40. The predicted molar refractivity (Wildman–Crippen MR) is 85.1 cm³/mol. The molecule has 0 aromatic rings. The van der Waals surface area contributed by atoms with Crippen LogP contribution in [0.2, 0.25) is 0 Å². The summed E-state index contributed by atoms with van der Waals surface area (Å²) in [5.74, 6) is 1.73. The van der Waals surface area contributed by atoms with Gasteiger partial charge in [-0.25, -0.2) is 0 Å². The van der Waals surface area contributed by atoms with Crippen molar-refractivity contribution in [1.29, 1.82) is 0 Å². The highest BCUT2D eigenvalue weighted by Gasteiger charge is 2.50. The van der Waals surface area contributed by atoms with Crippen molar-refractivity contribution in [2.45, 2.75) is 75.7 Å². The van der Waals surface area contributed by atoms with Gasteiger partial charge in [-0.3, -0.25) is 9.59 Å². The van der Waals surface area contributed by atoms with Gasteiger partial charge in [-0.05, 0) is 43.8 Å². The van der Waals surface area contributed by atoms with Gasteiger partial charge in [0.05, 0.1) is 0 Å². The zero-order chi connectivity index (χ0) is 15.0. The van der Waals surface area contributed by atoms with Gasteiger partial charge in [-0.2, -0.15) is 11.8 Å². The van der Waals surface area contributed by atoms with Crippen molar-refractivity contribution in [3.8, 4) is 0 Å². The van der Waals surface area contributed by atoms with Crippen LogP contribution < -0.4 is 5.32 Å². The van der Waals surface area contributed by atoms with Gasteiger partial charge in [0.15, 0.2) is 0 Å². The maximum atomic E-state index is 13.0. The van der Waals surface area contributed by atoms with E-state index in [9.17, 15) is 9.59 Å². The summed E-state index contributed by atoms with van der Waals surface area (Å²) in [4.78, 5) is 27.4. The number of amides is 2. The van der Waals surface area contributed by atoms with Gasteiger partial charge >= 0.3 is 0 Å². The van der Waals surface area contributed by atoms with E-state index in [1.165, 1.54) is 12.8 Å². The standard InChI is InChI=1S/C16H26N2O2S/c1-3-11-15(19)17-14(10-8-9-10)16(20)18(11)12-6-5-7-13(12)21-4-2/h10-14H,3-9H2,1-2H3,(H,17,19). The van der Waals surface area contributed by atoms with E-state index in [1.807, 2.05) is 23.6 Å². The van der Waals surface area contributed by atoms with Crippen LogP contribution in [0.15, 0.2) is 0 Å². The summed E-state index contributed by atoms with van der Waals surface area (Å²) >= 11 is 1.96. The van der Waals surface area contributed by atoms with Crippen molar-refractivity contribution >= 4 is 23.6 Å². The molecule has 0 radical (unpaired) electrons. The summed E-state index contributed by atoms with van der Waals surface area (Å²) in [5.41, 5.74) is 0. The summed E-state index contributed by atoms with van der Waals surface area (Å²) in [7, 11) is 0. The molecule has 0 bridgehead atoms. The molecule has 1 aliphatic heterocycles. The Hall–Kier alpha value is -0.710. The first-order valence-corrected chi connectivity index (χ1v) is 9.46. The summed E-state index contributed by atoms with van der Waals surface area (Å²) in [6.07, 6.45) is 6.30. The SMILES string of the molecule is CCSC1CCCC1N1C(=O)C(C2CC2)NC(=O)C1CC. The lowest BCUT2D eigenvalue weighted by Crippen LogP contribution is -2.66. The Morgan fingerprint density at radius 1 is 1.19 bits per heavy atom. The molecule has 2 aliphatic carbocycles. The van der Waals surface area contributed by atoms with E-state index in [1.54, 1.807) is 0 Å². The molecule has 0 aromatic carbocycles. The van der Waals surface area contributed by atoms with Gasteiger partial charge in [0, 0.05) is 11.3 Å². The highest BCUT2D eigenvalue weighted by molar-refractivity contribution is 7.99. The van der Waals surface area contributed by atoms with Crippen LogP contribution in [0.25, 0.3) is 0 Å². The fourth-order valence-electron chi connectivity index (χ4n) is 3.91. The minimum Gasteiger partial charge on any atom is -0.342 e. The maximum absolute atomic E-state index is 13.0. The van der Waals surface area contributed by atoms with Crippen LogP contribution in [0, 0.1) is 5.92 Å². The third-order valence-electron chi connectivity index (χ3n) is 5.09. The first kappa shape index (κ1) is 15.2. The van der Waals surface area contributed by atoms with Crippen LogP contribution >= 0.6 is 11.8 Å². The third kappa shape index (κ3) is 2.81. The highest BCUT2D eigenvalue weighted by atomic mass is 32.2. The van der Waals surface area contributed by atoms with Gasteiger partial charge in [0.2, 0.25) is 11.8 Å². The van der Waals surface area contributed by atoms with Crippen LogP contribution in [0.3, 0.4) is 0 Å². The molecule has 0 aromatic heterocycles. The van der Waals surface area contributed by atoms with Gasteiger partial charge in [-0.1, -0.05) is 20.3 Å². The number of rotatable bonds is 5. The number of thioether (sulfide) groups is 1. The number of carbonyl (C=O) groups excluding carboxylic acids is 2. The lowest BCUT2D eigenvalue weighted by atomic mass is 9.98. The largest absolute Gasteiger partial charge is 0.342 e. The maximum Gasteiger partial charge on any atom is 0.246 e. The number of carbonyl (C=O) groups is 2. The lowest BCUT2D eigenvalue weighted by molar-refractivity contribution is -0.152. The summed E-state index contributed by atoms with van der Waals surface area (Å²) in [6, 6.07) is -0.233. The Bertz CT molecular complexity index is 425. The van der Waals surface area contributed by atoms with Gasteiger partial charge < -0.3 is 10.2 Å². The van der Waals surface area contributed by atoms with E-state index in [2.05, 4.69) is 12.2 Å². The molecule has 4 atom stereocenters. The molecule has 4 unspecified atom stereocenters. The number of hydrogen-bond acceptors (Lipinski definition) is 3. The second-order valence-electron chi connectivity index (χ2n) is 6.49. The minimum atomic E-state index is -0.254. The second kappa shape index (κ2) is 6.19. The Kier molecular flexibility index (Phi) is 4.48. The van der Waals surface area contributed by atoms with Gasteiger partial charge in [0.25, 0.3) is 0 Å². The Morgan fingerprint density at radius 2 is 1.95 bits per heavy atom. The monoisotopic (exact) mass is 310 g/mol. The first-order chi connectivity index (χ1) is 10.2. The van der Waals surface area contributed by atoms with Crippen molar-refractivity contribution < 1.29 is 9.59 Å². The highest BCUT2D eigenvalue weighted by Crippen LogP contribution is 2.39. The van der Waals surface area contributed by atoms with E-state index in [-0.39, 0.29) is 29.9 Å². The summed E-state index contributed by atoms with van der Waals surface area (Å²) in [5, 5.41) is 3.51. The fourth-order valence-corrected chi connectivity index (χ4v) is 5.16. The minimum absolute atomic E-state index is 0.0705.